The first kappa shape index (κ1) is 11.2. The van der Waals surface area contributed by atoms with Crippen LogP contribution in [-0.2, 0) is 6.42 Å². The van der Waals surface area contributed by atoms with Gasteiger partial charge in [0.05, 0.1) is 5.60 Å². The van der Waals surface area contributed by atoms with Crippen molar-refractivity contribution in [2.24, 2.45) is 5.73 Å². The third-order valence-electron chi connectivity index (χ3n) is 2.63. The normalized spacial score (nSPS) is 15.1. The molecule has 0 radical (unpaired) electrons. The van der Waals surface area contributed by atoms with Crippen molar-refractivity contribution in [1.29, 1.82) is 0 Å². The van der Waals surface area contributed by atoms with E-state index in [1.165, 1.54) is 11.1 Å². The van der Waals surface area contributed by atoms with Gasteiger partial charge in [-0.3, -0.25) is 0 Å². The second kappa shape index (κ2) is 4.58. The lowest BCUT2D eigenvalue weighted by Crippen LogP contribution is -2.34. The predicted molar refractivity (Wildman–Crippen MR) is 59.2 cm³/mol. The average Bonchev–Trinajstić information content (AvgIpc) is 2.17. The Hall–Kier alpha value is -0.860. The molecule has 1 atom stereocenters. The summed E-state index contributed by atoms with van der Waals surface area (Å²) in [4.78, 5) is 0. The fourth-order valence-electron chi connectivity index (χ4n) is 1.40. The summed E-state index contributed by atoms with van der Waals surface area (Å²) in [5.74, 6) is 0. The minimum Gasteiger partial charge on any atom is -0.389 e. The first-order valence-electron chi connectivity index (χ1n) is 5.02. The van der Waals surface area contributed by atoms with Gasteiger partial charge in [-0.15, -0.1) is 0 Å². The Bertz CT molecular complexity index is 294. The number of aliphatic hydroxyl groups is 1. The van der Waals surface area contributed by atoms with E-state index in [1.807, 2.05) is 12.1 Å². The third kappa shape index (κ3) is 3.13. The van der Waals surface area contributed by atoms with Crippen LogP contribution in [0, 0.1) is 6.92 Å². The van der Waals surface area contributed by atoms with Gasteiger partial charge in [0.2, 0.25) is 0 Å². The van der Waals surface area contributed by atoms with Crippen molar-refractivity contribution in [1.82, 2.24) is 0 Å². The molecule has 1 unspecified atom stereocenters. The van der Waals surface area contributed by atoms with E-state index < -0.39 is 5.60 Å². The maximum Gasteiger partial charge on any atom is 0.0744 e. The molecular formula is C12H19NO. The SMILES string of the molecule is Cc1ccccc1CCC(C)(O)CN. The molecule has 78 valence electrons. The van der Waals surface area contributed by atoms with E-state index in [-0.39, 0.29) is 0 Å². The molecule has 0 aromatic heterocycles. The van der Waals surface area contributed by atoms with Crippen molar-refractivity contribution in [3.8, 4) is 0 Å². The molecule has 1 rings (SSSR count). The lowest BCUT2D eigenvalue weighted by molar-refractivity contribution is 0.0603. The Labute approximate surface area is 85.8 Å². The van der Waals surface area contributed by atoms with E-state index >= 15 is 0 Å². The summed E-state index contributed by atoms with van der Waals surface area (Å²) in [6.45, 7) is 4.19. The van der Waals surface area contributed by atoms with Gasteiger partial charge in [0, 0.05) is 6.54 Å². The van der Waals surface area contributed by atoms with Crippen LogP contribution < -0.4 is 5.73 Å². The second-order valence-electron chi connectivity index (χ2n) is 4.13. The lowest BCUT2D eigenvalue weighted by atomic mass is 9.95. The van der Waals surface area contributed by atoms with Crippen LogP contribution in [0.15, 0.2) is 24.3 Å². The highest BCUT2D eigenvalue weighted by molar-refractivity contribution is 5.25. The number of hydrogen-bond donors (Lipinski definition) is 2. The molecule has 3 N–H and O–H groups in total. The summed E-state index contributed by atoms with van der Waals surface area (Å²) in [5, 5.41) is 9.75. The highest BCUT2D eigenvalue weighted by Crippen LogP contribution is 2.15. The molecule has 2 nitrogen and oxygen atoms in total. The highest BCUT2D eigenvalue weighted by atomic mass is 16.3. The van der Waals surface area contributed by atoms with Crippen LogP contribution in [0.1, 0.15) is 24.5 Å². The van der Waals surface area contributed by atoms with Crippen LogP contribution in [-0.4, -0.2) is 17.3 Å². The first-order chi connectivity index (χ1) is 6.55. The van der Waals surface area contributed by atoms with Gasteiger partial charge in [0.15, 0.2) is 0 Å². The zero-order valence-electron chi connectivity index (χ0n) is 8.96. The summed E-state index contributed by atoms with van der Waals surface area (Å²) in [6, 6.07) is 8.24. The maximum absolute atomic E-state index is 9.75. The van der Waals surface area contributed by atoms with Gasteiger partial charge in [-0.05, 0) is 37.8 Å². The van der Waals surface area contributed by atoms with Crippen LogP contribution in [0.5, 0.6) is 0 Å². The minimum atomic E-state index is -0.734. The smallest absolute Gasteiger partial charge is 0.0744 e. The monoisotopic (exact) mass is 193 g/mol. The average molecular weight is 193 g/mol. The van der Waals surface area contributed by atoms with Crippen molar-refractivity contribution in [3.05, 3.63) is 35.4 Å². The fourth-order valence-corrected chi connectivity index (χ4v) is 1.40. The molecule has 0 aliphatic rings. The van der Waals surface area contributed by atoms with E-state index in [2.05, 4.69) is 19.1 Å². The van der Waals surface area contributed by atoms with E-state index in [4.69, 9.17) is 5.73 Å². The Kier molecular flexibility index (Phi) is 3.67. The Morgan fingerprint density at radius 3 is 2.57 bits per heavy atom. The molecular weight excluding hydrogens is 174 g/mol. The van der Waals surface area contributed by atoms with Gasteiger partial charge in [-0.2, -0.15) is 0 Å². The number of rotatable bonds is 4. The van der Waals surface area contributed by atoms with Gasteiger partial charge >= 0.3 is 0 Å². The minimum absolute atomic E-state index is 0.318. The van der Waals surface area contributed by atoms with Crippen molar-refractivity contribution < 1.29 is 5.11 Å². The van der Waals surface area contributed by atoms with Crippen LogP contribution in [0.2, 0.25) is 0 Å². The van der Waals surface area contributed by atoms with Crippen molar-refractivity contribution in [3.63, 3.8) is 0 Å². The van der Waals surface area contributed by atoms with Gasteiger partial charge in [-0.25, -0.2) is 0 Å². The molecule has 0 aliphatic heterocycles. The number of hydrogen-bond acceptors (Lipinski definition) is 2. The maximum atomic E-state index is 9.75. The molecule has 0 saturated carbocycles. The Morgan fingerprint density at radius 1 is 1.36 bits per heavy atom. The second-order valence-corrected chi connectivity index (χ2v) is 4.13. The number of aryl methyl sites for hydroxylation is 2. The molecule has 0 fully saturated rings. The van der Waals surface area contributed by atoms with Crippen LogP contribution in [0.25, 0.3) is 0 Å². The highest BCUT2D eigenvalue weighted by Gasteiger charge is 2.17. The van der Waals surface area contributed by atoms with Crippen LogP contribution >= 0.6 is 0 Å². The molecule has 0 heterocycles. The molecule has 0 aliphatic carbocycles. The fraction of sp³-hybridized carbons (Fsp3) is 0.500. The van der Waals surface area contributed by atoms with E-state index in [9.17, 15) is 5.11 Å². The zero-order chi connectivity index (χ0) is 10.6. The van der Waals surface area contributed by atoms with E-state index in [1.54, 1.807) is 6.92 Å². The Morgan fingerprint density at radius 2 is 2.00 bits per heavy atom. The largest absolute Gasteiger partial charge is 0.389 e. The van der Waals surface area contributed by atoms with Gasteiger partial charge in [0.1, 0.15) is 0 Å². The van der Waals surface area contributed by atoms with Crippen LogP contribution in [0.4, 0.5) is 0 Å². The van der Waals surface area contributed by atoms with E-state index in [0.29, 0.717) is 13.0 Å². The van der Waals surface area contributed by atoms with Crippen molar-refractivity contribution in [2.75, 3.05) is 6.54 Å². The van der Waals surface area contributed by atoms with E-state index in [0.717, 1.165) is 6.42 Å². The number of benzene rings is 1. The molecule has 0 saturated heterocycles. The van der Waals surface area contributed by atoms with Gasteiger partial charge in [-0.1, -0.05) is 24.3 Å². The molecule has 1 aromatic carbocycles. The molecule has 14 heavy (non-hydrogen) atoms. The number of nitrogens with two attached hydrogens (primary N) is 1. The molecule has 1 aromatic rings. The summed E-state index contributed by atoms with van der Waals surface area (Å²) in [7, 11) is 0. The summed E-state index contributed by atoms with van der Waals surface area (Å²) < 4.78 is 0. The molecule has 0 bridgehead atoms. The molecule has 2 heteroatoms. The first-order valence-corrected chi connectivity index (χ1v) is 5.02. The molecule has 0 spiro atoms. The summed E-state index contributed by atoms with van der Waals surface area (Å²) in [6.07, 6.45) is 1.60. The summed E-state index contributed by atoms with van der Waals surface area (Å²) >= 11 is 0. The zero-order valence-corrected chi connectivity index (χ0v) is 8.96. The topological polar surface area (TPSA) is 46.2 Å². The summed E-state index contributed by atoms with van der Waals surface area (Å²) in [5.41, 5.74) is 7.30. The standard InChI is InChI=1S/C12H19NO/c1-10-5-3-4-6-11(10)7-8-12(2,14)9-13/h3-6,14H,7-9,13H2,1-2H3. The lowest BCUT2D eigenvalue weighted by Gasteiger charge is -2.21. The quantitative estimate of drug-likeness (QED) is 0.763. The Balaban J connectivity index is 2.58. The molecule has 0 amide bonds. The van der Waals surface area contributed by atoms with Gasteiger partial charge in [0.25, 0.3) is 0 Å². The third-order valence-corrected chi connectivity index (χ3v) is 2.63. The van der Waals surface area contributed by atoms with Crippen molar-refractivity contribution in [2.45, 2.75) is 32.3 Å². The predicted octanol–water partition coefficient (Wildman–Crippen LogP) is 1.64. The van der Waals surface area contributed by atoms with Gasteiger partial charge < -0.3 is 10.8 Å². The van der Waals surface area contributed by atoms with Crippen LogP contribution in [0.3, 0.4) is 0 Å². The van der Waals surface area contributed by atoms with Crippen molar-refractivity contribution >= 4 is 0 Å².